The Hall–Kier alpha value is -2.37. The van der Waals surface area contributed by atoms with Crippen molar-refractivity contribution < 1.29 is 19.5 Å². The molecule has 0 heterocycles. The first-order valence-electron chi connectivity index (χ1n) is 9.03. The van der Waals surface area contributed by atoms with E-state index in [0.29, 0.717) is 24.9 Å². The summed E-state index contributed by atoms with van der Waals surface area (Å²) in [6.45, 7) is 5.96. The van der Waals surface area contributed by atoms with E-state index in [1.165, 1.54) is 0 Å². The van der Waals surface area contributed by atoms with Gasteiger partial charge in [-0.3, -0.25) is 14.4 Å². The monoisotopic (exact) mass is 360 g/mol. The predicted molar refractivity (Wildman–Crippen MR) is 98.7 cm³/mol. The zero-order valence-corrected chi connectivity index (χ0v) is 15.7. The molecular formula is C20H28N2O4. The van der Waals surface area contributed by atoms with E-state index < -0.39 is 16.9 Å². The van der Waals surface area contributed by atoms with Crippen molar-refractivity contribution in [1.29, 1.82) is 0 Å². The van der Waals surface area contributed by atoms with Crippen LogP contribution in [0.15, 0.2) is 24.3 Å². The first kappa shape index (κ1) is 19.9. The maximum absolute atomic E-state index is 12.5. The molecule has 1 fully saturated rings. The zero-order valence-electron chi connectivity index (χ0n) is 15.7. The van der Waals surface area contributed by atoms with E-state index >= 15 is 0 Å². The summed E-state index contributed by atoms with van der Waals surface area (Å²) in [5, 5.41) is 14.9. The molecule has 1 aliphatic rings. The zero-order chi connectivity index (χ0) is 19.4. The fourth-order valence-corrected chi connectivity index (χ4v) is 3.22. The van der Waals surface area contributed by atoms with E-state index in [9.17, 15) is 14.4 Å². The number of carboxylic acid groups (broad SMARTS) is 1. The van der Waals surface area contributed by atoms with Gasteiger partial charge in [-0.2, -0.15) is 0 Å². The molecule has 1 saturated carbocycles. The number of hydrogen-bond donors (Lipinski definition) is 3. The summed E-state index contributed by atoms with van der Waals surface area (Å²) in [4.78, 5) is 35.6. The van der Waals surface area contributed by atoms with Crippen LogP contribution in [-0.2, 0) is 16.1 Å². The molecule has 0 saturated heterocycles. The lowest BCUT2D eigenvalue weighted by molar-refractivity contribution is -0.138. The number of benzene rings is 1. The normalized spacial score (nSPS) is 16.1. The van der Waals surface area contributed by atoms with Crippen LogP contribution < -0.4 is 10.6 Å². The van der Waals surface area contributed by atoms with Crippen LogP contribution in [0.5, 0.6) is 0 Å². The number of rotatable bonds is 6. The SMILES string of the molecule is CC(C)(C)C(=O)NCc1ccc(C(=O)NC2(CC(=O)O)CCCC2)cc1. The second-order valence-corrected chi connectivity index (χ2v) is 8.14. The van der Waals surface area contributed by atoms with Crippen molar-refractivity contribution in [3.8, 4) is 0 Å². The van der Waals surface area contributed by atoms with Gasteiger partial charge in [0.05, 0.1) is 12.0 Å². The number of aliphatic carboxylic acids is 1. The minimum absolute atomic E-state index is 0.0313. The van der Waals surface area contributed by atoms with Crippen molar-refractivity contribution in [3.63, 3.8) is 0 Å². The number of carboxylic acids is 1. The topological polar surface area (TPSA) is 95.5 Å². The molecule has 0 spiro atoms. The molecule has 0 atom stereocenters. The molecule has 2 rings (SSSR count). The number of hydrogen-bond acceptors (Lipinski definition) is 3. The molecular weight excluding hydrogens is 332 g/mol. The summed E-state index contributed by atoms with van der Waals surface area (Å²) in [5.41, 5.74) is 0.315. The van der Waals surface area contributed by atoms with Crippen LogP contribution in [0.25, 0.3) is 0 Å². The van der Waals surface area contributed by atoms with Gasteiger partial charge in [-0.1, -0.05) is 45.7 Å². The smallest absolute Gasteiger partial charge is 0.305 e. The fourth-order valence-electron chi connectivity index (χ4n) is 3.22. The first-order chi connectivity index (χ1) is 12.1. The van der Waals surface area contributed by atoms with Gasteiger partial charge in [0.2, 0.25) is 5.91 Å². The highest BCUT2D eigenvalue weighted by Gasteiger charge is 2.37. The van der Waals surface area contributed by atoms with Gasteiger partial charge < -0.3 is 15.7 Å². The van der Waals surface area contributed by atoms with Crippen LogP contribution >= 0.6 is 0 Å². The number of carbonyl (C=O) groups excluding carboxylic acids is 2. The van der Waals surface area contributed by atoms with Crippen molar-refractivity contribution in [2.45, 2.75) is 65.0 Å². The van der Waals surface area contributed by atoms with Gasteiger partial charge >= 0.3 is 5.97 Å². The molecule has 3 N–H and O–H groups in total. The third-order valence-corrected chi connectivity index (χ3v) is 4.78. The Bertz CT molecular complexity index is 668. The van der Waals surface area contributed by atoms with Crippen LogP contribution in [0, 0.1) is 5.41 Å². The highest BCUT2D eigenvalue weighted by molar-refractivity contribution is 5.95. The van der Waals surface area contributed by atoms with Gasteiger partial charge in [0.15, 0.2) is 0 Å². The summed E-state index contributed by atoms with van der Waals surface area (Å²) in [6, 6.07) is 7.02. The highest BCUT2D eigenvalue weighted by atomic mass is 16.4. The second-order valence-electron chi connectivity index (χ2n) is 8.14. The predicted octanol–water partition coefficient (Wildman–Crippen LogP) is 2.87. The maximum Gasteiger partial charge on any atom is 0.305 e. The molecule has 0 unspecified atom stereocenters. The molecule has 0 bridgehead atoms. The van der Waals surface area contributed by atoms with Crippen LogP contribution in [0.1, 0.15) is 68.8 Å². The quantitative estimate of drug-likeness (QED) is 0.727. The lowest BCUT2D eigenvalue weighted by Gasteiger charge is -2.28. The van der Waals surface area contributed by atoms with Crippen LogP contribution in [-0.4, -0.2) is 28.4 Å². The Balaban J connectivity index is 1.98. The molecule has 142 valence electrons. The lowest BCUT2D eigenvalue weighted by Crippen LogP contribution is -2.47. The number of amides is 2. The van der Waals surface area contributed by atoms with E-state index in [2.05, 4.69) is 10.6 Å². The Morgan fingerprint density at radius 2 is 1.65 bits per heavy atom. The third kappa shape index (κ3) is 5.31. The maximum atomic E-state index is 12.5. The molecule has 0 aliphatic heterocycles. The molecule has 6 heteroatoms. The number of nitrogens with one attached hydrogen (secondary N) is 2. The van der Waals surface area contributed by atoms with E-state index in [0.717, 1.165) is 18.4 Å². The molecule has 0 aromatic heterocycles. The van der Waals surface area contributed by atoms with Crippen molar-refractivity contribution in [1.82, 2.24) is 10.6 Å². The molecule has 1 aromatic carbocycles. The minimum Gasteiger partial charge on any atom is -0.481 e. The average Bonchev–Trinajstić information content (AvgIpc) is 2.99. The van der Waals surface area contributed by atoms with Crippen molar-refractivity contribution in [2.24, 2.45) is 5.41 Å². The Kier molecular flexibility index (Phi) is 6.05. The average molecular weight is 360 g/mol. The molecule has 1 aromatic rings. The van der Waals surface area contributed by atoms with Gasteiger partial charge in [-0.15, -0.1) is 0 Å². The van der Waals surface area contributed by atoms with E-state index in [1.807, 2.05) is 20.8 Å². The Labute approximate surface area is 154 Å². The molecule has 1 aliphatic carbocycles. The van der Waals surface area contributed by atoms with E-state index in [4.69, 9.17) is 5.11 Å². The van der Waals surface area contributed by atoms with Gasteiger partial charge in [0.1, 0.15) is 0 Å². The van der Waals surface area contributed by atoms with Crippen molar-refractivity contribution in [3.05, 3.63) is 35.4 Å². The Morgan fingerprint density at radius 3 is 2.15 bits per heavy atom. The van der Waals surface area contributed by atoms with Crippen LogP contribution in [0.3, 0.4) is 0 Å². The minimum atomic E-state index is -0.892. The molecule has 26 heavy (non-hydrogen) atoms. The van der Waals surface area contributed by atoms with Gasteiger partial charge in [0, 0.05) is 17.5 Å². The molecule has 6 nitrogen and oxygen atoms in total. The largest absolute Gasteiger partial charge is 0.481 e. The molecule has 0 radical (unpaired) electrons. The lowest BCUT2D eigenvalue weighted by atomic mass is 9.92. The summed E-state index contributed by atoms with van der Waals surface area (Å²) in [7, 11) is 0. The standard InChI is InChI=1S/C20H28N2O4/c1-19(2,3)18(26)21-13-14-6-8-15(9-7-14)17(25)22-20(12-16(23)24)10-4-5-11-20/h6-9H,4-5,10-13H2,1-3H3,(H,21,26)(H,22,25)(H,23,24). The van der Waals surface area contributed by atoms with Gasteiger partial charge in [0.25, 0.3) is 5.91 Å². The van der Waals surface area contributed by atoms with E-state index in [-0.39, 0.29) is 18.2 Å². The summed E-state index contributed by atoms with van der Waals surface area (Å²) < 4.78 is 0. The second kappa shape index (κ2) is 7.89. The van der Waals surface area contributed by atoms with Crippen LogP contribution in [0.4, 0.5) is 0 Å². The summed E-state index contributed by atoms with van der Waals surface area (Å²) in [6.07, 6.45) is 3.21. The van der Waals surface area contributed by atoms with Crippen molar-refractivity contribution >= 4 is 17.8 Å². The fraction of sp³-hybridized carbons (Fsp3) is 0.550. The molecule has 2 amide bonds. The summed E-state index contributed by atoms with van der Waals surface area (Å²) >= 11 is 0. The Morgan fingerprint density at radius 1 is 1.08 bits per heavy atom. The summed E-state index contributed by atoms with van der Waals surface area (Å²) in [5.74, 6) is -1.17. The highest BCUT2D eigenvalue weighted by Crippen LogP contribution is 2.33. The van der Waals surface area contributed by atoms with Gasteiger partial charge in [-0.25, -0.2) is 0 Å². The first-order valence-corrected chi connectivity index (χ1v) is 9.03. The van der Waals surface area contributed by atoms with Crippen LogP contribution in [0.2, 0.25) is 0 Å². The van der Waals surface area contributed by atoms with Crippen molar-refractivity contribution in [2.75, 3.05) is 0 Å². The number of carbonyl (C=O) groups is 3. The van der Waals surface area contributed by atoms with E-state index in [1.54, 1.807) is 24.3 Å². The van der Waals surface area contributed by atoms with Gasteiger partial charge in [-0.05, 0) is 30.5 Å². The third-order valence-electron chi connectivity index (χ3n) is 4.78.